The number of hydrogen-bond donors (Lipinski definition) is 0. The van der Waals surface area contributed by atoms with Crippen molar-refractivity contribution in [3.63, 3.8) is 0 Å². The number of furan rings is 1. The Balaban J connectivity index is 1.23. The minimum absolute atomic E-state index is 0.566. The summed E-state index contributed by atoms with van der Waals surface area (Å²) in [6.45, 7) is 0. The SMILES string of the molecule is c1ccc(-c2nc(-c3ccc4ccccc4c3)nc(-c3ccc4c(oc5c6ccccc6ccc45)c3-n3c4ccccc4c4cc5ccccc5cc43)n2)cc1. The molecular weight excluding hydrogens is 685 g/mol. The molecule has 0 saturated heterocycles. The third kappa shape index (κ3) is 4.64. The van der Waals surface area contributed by atoms with E-state index in [1.54, 1.807) is 0 Å². The number of hydrogen-bond acceptors (Lipinski definition) is 4. The number of fused-ring (bicyclic) bond motifs is 10. The molecule has 0 aliphatic rings. The van der Waals surface area contributed by atoms with E-state index in [0.29, 0.717) is 17.5 Å². The van der Waals surface area contributed by atoms with Crippen molar-refractivity contribution in [3.8, 4) is 39.9 Å². The Morgan fingerprint density at radius 3 is 1.75 bits per heavy atom. The van der Waals surface area contributed by atoms with Crippen molar-refractivity contribution in [2.24, 2.45) is 0 Å². The zero-order chi connectivity index (χ0) is 36.7. The lowest BCUT2D eigenvalue weighted by molar-refractivity contribution is 0.670. The summed E-state index contributed by atoms with van der Waals surface area (Å²) in [6, 6.07) is 63.8. The largest absolute Gasteiger partial charge is 0.453 e. The number of para-hydroxylation sites is 1. The number of rotatable bonds is 4. The van der Waals surface area contributed by atoms with Gasteiger partial charge in [0.25, 0.3) is 0 Å². The van der Waals surface area contributed by atoms with Gasteiger partial charge in [-0.05, 0) is 69.4 Å². The second-order valence-electron chi connectivity index (χ2n) is 14.4. The number of aromatic nitrogens is 4. The molecule has 12 aromatic rings. The van der Waals surface area contributed by atoms with Crippen LogP contribution in [0.15, 0.2) is 186 Å². The van der Waals surface area contributed by atoms with Crippen LogP contribution in [0, 0.1) is 0 Å². The Labute approximate surface area is 320 Å². The van der Waals surface area contributed by atoms with Crippen molar-refractivity contribution in [3.05, 3.63) is 182 Å². The topological polar surface area (TPSA) is 56.7 Å². The minimum Gasteiger partial charge on any atom is -0.453 e. The van der Waals surface area contributed by atoms with E-state index in [-0.39, 0.29) is 0 Å². The molecule has 3 aromatic heterocycles. The standard InChI is InChI=1S/C51H30N4O/c1-2-14-33(15-3-1)49-52-50(37-23-22-31-12-4-5-16-34(31)28-37)54-51(53-49)42-27-26-41-40-25-24-32-13-8-9-19-38(32)47(40)56-48(41)46(42)55-44-21-11-10-20-39(44)43-29-35-17-6-7-18-36(35)30-45(43)55/h1-30H. The fraction of sp³-hybridized carbons (Fsp3) is 0. The van der Waals surface area contributed by atoms with Crippen LogP contribution in [0.2, 0.25) is 0 Å². The Bertz CT molecular complexity index is 3540. The van der Waals surface area contributed by atoms with E-state index < -0.39 is 0 Å². The zero-order valence-electron chi connectivity index (χ0n) is 30.0. The maximum absolute atomic E-state index is 7.15. The molecule has 9 aromatic carbocycles. The molecule has 0 spiro atoms. The summed E-state index contributed by atoms with van der Waals surface area (Å²) in [5, 5.41) is 11.3. The minimum atomic E-state index is 0.566. The third-order valence-corrected chi connectivity index (χ3v) is 11.2. The molecule has 0 radical (unpaired) electrons. The van der Waals surface area contributed by atoms with Crippen LogP contribution in [0.25, 0.3) is 116 Å². The Hall–Kier alpha value is -7.63. The highest BCUT2D eigenvalue weighted by molar-refractivity contribution is 6.19. The molecule has 5 nitrogen and oxygen atoms in total. The summed E-state index contributed by atoms with van der Waals surface area (Å²) >= 11 is 0. The van der Waals surface area contributed by atoms with Gasteiger partial charge in [-0.1, -0.05) is 140 Å². The highest BCUT2D eigenvalue weighted by Gasteiger charge is 2.25. The molecule has 260 valence electrons. The van der Waals surface area contributed by atoms with Crippen molar-refractivity contribution in [1.29, 1.82) is 0 Å². The van der Waals surface area contributed by atoms with E-state index in [0.717, 1.165) is 82.3 Å². The van der Waals surface area contributed by atoms with Crippen LogP contribution < -0.4 is 0 Å². The monoisotopic (exact) mass is 714 g/mol. The van der Waals surface area contributed by atoms with E-state index in [1.807, 2.05) is 18.2 Å². The summed E-state index contributed by atoms with van der Waals surface area (Å²) in [5.41, 5.74) is 7.36. The molecule has 0 saturated carbocycles. The Kier molecular flexibility index (Phi) is 6.56. The van der Waals surface area contributed by atoms with Crippen LogP contribution >= 0.6 is 0 Å². The predicted octanol–water partition coefficient (Wildman–Crippen LogP) is 13.3. The molecule has 56 heavy (non-hydrogen) atoms. The molecule has 0 aliphatic carbocycles. The van der Waals surface area contributed by atoms with Crippen LogP contribution in [-0.4, -0.2) is 19.5 Å². The second kappa shape index (κ2) is 11.9. The van der Waals surface area contributed by atoms with Crippen molar-refractivity contribution in [1.82, 2.24) is 19.5 Å². The molecule has 0 amide bonds. The maximum Gasteiger partial charge on any atom is 0.166 e. The van der Waals surface area contributed by atoms with E-state index in [2.05, 4.69) is 168 Å². The molecule has 0 aliphatic heterocycles. The molecule has 0 N–H and O–H groups in total. The highest BCUT2D eigenvalue weighted by atomic mass is 16.3. The molecule has 0 atom stereocenters. The van der Waals surface area contributed by atoms with Crippen molar-refractivity contribution in [2.75, 3.05) is 0 Å². The first-order valence-corrected chi connectivity index (χ1v) is 18.9. The second-order valence-corrected chi connectivity index (χ2v) is 14.4. The van der Waals surface area contributed by atoms with Crippen LogP contribution in [0.3, 0.4) is 0 Å². The number of nitrogens with zero attached hydrogens (tertiary/aromatic N) is 4. The average Bonchev–Trinajstić information content (AvgIpc) is 3.81. The van der Waals surface area contributed by atoms with Gasteiger partial charge >= 0.3 is 0 Å². The Morgan fingerprint density at radius 2 is 0.929 bits per heavy atom. The quantitative estimate of drug-likeness (QED) is 0.182. The molecule has 0 bridgehead atoms. The normalized spacial score (nSPS) is 11.9. The van der Waals surface area contributed by atoms with Gasteiger partial charge in [-0.3, -0.25) is 0 Å². The maximum atomic E-state index is 7.15. The van der Waals surface area contributed by atoms with Gasteiger partial charge in [0.05, 0.1) is 11.0 Å². The molecule has 3 heterocycles. The van der Waals surface area contributed by atoms with E-state index in [9.17, 15) is 0 Å². The van der Waals surface area contributed by atoms with Crippen molar-refractivity contribution < 1.29 is 4.42 Å². The summed E-state index contributed by atoms with van der Waals surface area (Å²) < 4.78 is 9.52. The van der Waals surface area contributed by atoms with E-state index >= 15 is 0 Å². The van der Waals surface area contributed by atoms with Gasteiger partial charge in [0.2, 0.25) is 0 Å². The first-order valence-electron chi connectivity index (χ1n) is 18.9. The van der Waals surface area contributed by atoms with Crippen LogP contribution in [0.1, 0.15) is 0 Å². The molecule has 5 heteroatoms. The van der Waals surface area contributed by atoms with E-state index in [1.165, 1.54) is 16.2 Å². The lowest BCUT2D eigenvalue weighted by atomic mass is 10.0. The predicted molar refractivity (Wildman–Crippen MR) is 230 cm³/mol. The van der Waals surface area contributed by atoms with Gasteiger partial charge in [0, 0.05) is 43.6 Å². The van der Waals surface area contributed by atoms with Crippen LogP contribution in [0.5, 0.6) is 0 Å². The van der Waals surface area contributed by atoms with Gasteiger partial charge in [-0.2, -0.15) is 0 Å². The first kappa shape index (κ1) is 30.8. The fourth-order valence-corrected chi connectivity index (χ4v) is 8.52. The van der Waals surface area contributed by atoms with Crippen LogP contribution in [0.4, 0.5) is 0 Å². The van der Waals surface area contributed by atoms with Gasteiger partial charge in [0.15, 0.2) is 23.1 Å². The number of benzene rings is 9. The Morgan fingerprint density at radius 1 is 0.339 bits per heavy atom. The average molecular weight is 715 g/mol. The van der Waals surface area contributed by atoms with Gasteiger partial charge in [-0.25, -0.2) is 15.0 Å². The summed E-state index contributed by atoms with van der Waals surface area (Å²) in [5.74, 6) is 1.78. The highest BCUT2D eigenvalue weighted by Crippen LogP contribution is 2.44. The molecule has 0 unspecified atom stereocenters. The van der Waals surface area contributed by atoms with Gasteiger partial charge in [-0.15, -0.1) is 0 Å². The summed E-state index contributed by atoms with van der Waals surface area (Å²) in [6.07, 6.45) is 0. The third-order valence-electron chi connectivity index (χ3n) is 11.2. The fourth-order valence-electron chi connectivity index (χ4n) is 8.52. The first-order chi connectivity index (χ1) is 27.7. The lowest BCUT2D eigenvalue weighted by Crippen LogP contribution is -2.04. The molecule has 0 fully saturated rings. The molecule has 12 rings (SSSR count). The zero-order valence-corrected chi connectivity index (χ0v) is 30.0. The van der Waals surface area contributed by atoms with E-state index in [4.69, 9.17) is 19.4 Å². The smallest absolute Gasteiger partial charge is 0.166 e. The van der Waals surface area contributed by atoms with Crippen molar-refractivity contribution >= 4 is 76.1 Å². The molecular formula is C51H30N4O. The van der Waals surface area contributed by atoms with Gasteiger partial charge < -0.3 is 8.98 Å². The van der Waals surface area contributed by atoms with Crippen molar-refractivity contribution in [2.45, 2.75) is 0 Å². The summed E-state index contributed by atoms with van der Waals surface area (Å²) in [4.78, 5) is 15.7. The summed E-state index contributed by atoms with van der Waals surface area (Å²) in [7, 11) is 0. The lowest BCUT2D eigenvalue weighted by Gasteiger charge is -2.15. The van der Waals surface area contributed by atoms with Gasteiger partial charge in [0.1, 0.15) is 11.3 Å². The van der Waals surface area contributed by atoms with Crippen LogP contribution in [-0.2, 0) is 0 Å².